The van der Waals surface area contributed by atoms with E-state index in [1.54, 1.807) is 17.0 Å². The Morgan fingerprint density at radius 1 is 1.44 bits per heavy atom. The Morgan fingerprint density at radius 2 is 2.06 bits per heavy atom. The van der Waals surface area contributed by atoms with Gasteiger partial charge in [-0.3, -0.25) is 9.69 Å². The highest BCUT2D eigenvalue weighted by atomic mass is 16.4. The van der Waals surface area contributed by atoms with Crippen LogP contribution in [-0.2, 0) is 11.2 Å². The summed E-state index contributed by atoms with van der Waals surface area (Å²) in [7, 11) is 0. The van der Waals surface area contributed by atoms with Crippen LogP contribution in [-0.4, -0.2) is 40.2 Å². The van der Waals surface area contributed by atoms with E-state index in [0.717, 1.165) is 5.56 Å². The summed E-state index contributed by atoms with van der Waals surface area (Å²) in [6, 6.07) is 6.90. The molecule has 1 aromatic rings. The van der Waals surface area contributed by atoms with Gasteiger partial charge < -0.3 is 10.2 Å². The Labute approximate surface area is 107 Å². The molecule has 0 spiro atoms. The molecule has 0 fully saturated rings. The molecule has 0 amide bonds. The van der Waals surface area contributed by atoms with Crippen LogP contribution in [0.1, 0.15) is 12.5 Å². The van der Waals surface area contributed by atoms with Gasteiger partial charge in [0.15, 0.2) is 0 Å². The summed E-state index contributed by atoms with van der Waals surface area (Å²) in [6.45, 7) is 2.18. The number of aliphatic carboxylic acids is 1. The maximum atomic E-state index is 10.7. The van der Waals surface area contributed by atoms with Crippen LogP contribution < -0.4 is 0 Å². The number of hydrogen-bond donors (Lipinski definition) is 2. The second kappa shape index (κ2) is 6.67. The normalized spacial score (nSPS) is 12.1. The van der Waals surface area contributed by atoms with Gasteiger partial charge in [-0.05, 0) is 31.0 Å². The molecule has 4 heteroatoms. The molecule has 0 saturated heterocycles. The largest absolute Gasteiger partial charge is 0.508 e. The van der Waals surface area contributed by atoms with E-state index in [1.165, 1.54) is 0 Å². The quantitative estimate of drug-likeness (QED) is 0.745. The molecule has 0 aliphatic rings. The molecular weight excluding hydrogens is 230 g/mol. The summed E-state index contributed by atoms with van der Waals surface area (Å²) in [5.41, 5.74) is 1.03. The highest BCUT2D eigenvalue weighted by Gasteiger charge is 2.16. The zero-order valence-corrected chi connectivity index (χ0v) is 10.3. The van der Waals surface area contributed by atoms with Crippen LogP contribution >= 0.6 is 0 Å². The molecule has 96 valence electrons. The summed E-state index contributed by atoms with van der Waals surface area (Å²) >= 11 is 0. The Morgan fingerprint density at radius 3 is 2.56 bits per heavy atom. The van der Waals surface area contributed by atoms with Crippen molar-refractivity contribution in [3.05, 3.63) is 29.8 Å². The summed E-state index contributed by atoms with van der Waals surface area (Å²) in [6.07, 6.45) is 5.93. The smallest absolute Gasteiger partial charge is 0.317 e. The molecule has 0 aliphatic carbocycles. The van der Waals surface area contributed by atoms with Crippen LogP contribution in [0.25, 0.3) is 0 Å². The van der Waals surface area contributed by atoms with Crippen LogP contribution in [0, 0.1) is 12.3 Å². The maximum Gasteiger partial charge on any atom is 0.317 e. The number of hydrogen-bond acceptors (Lipinski definition) is 3. The van der Waals surface area contributed by atoms with Gasteiger partial charge in [-0.15, -0.1) is 6.42 Å². The number of phenols is 1. The molecule has 1 unspecified atom stereocenters. The van der Waals surface area contributed by atoms with E-state index in [9.17, 15) is 9.90 Å². The molecule has 0 aromatic heterocycles. The first-order valence-corrected chi connectivity index (χ1v) is 5.70. The molecule has 1 rings (SSSR count). The van der Waals surface area contributed by atoms with E-state index in [1.807, 2.05) is 19.1 Å². The van der Waals surface area contributed by atoms with Crippen molar-refractivity contribution in [1.82, 2.24) is 4.90 Å². The summed E-state index contributed by atoms with van der Waals surface area (Å²) in [4.78, 5) is 12.5. The Balaban J connectivity index is 2.66. The fourth-order valence-corrected chi connectivity index (χ4v) is 1.76. The van der Waals surface area contributed by atoms with Crippen LogP contribution in [0.4, 0.5) is 0 Å². The number of carboxylic acids is 1. The van der Waals surface area contributed by atoms with Crippen molar-refractivity contribution >= 4 is 5.97 Å². The zero-order valence-electron chi connectivity index (χ0n) is 10.3. The lowest BCUT2D eigenvalue weighted by molar-refractivity contribution is -0.138. The number of phenolic OH excluding ortho intramolecular Hbond substituents is 1. The second-order valence-electron chi connectivity index (χ2n) is 4.22. The molecule has 1 aromatic carbocycles. The Hall–Kier alpha value is -1.99. The fraction of sp³-hybridized carbons (Fsp3) is 0.357. The van der Waals surface area contributed by atoms with Crippen LogP contribution in [0.15, 0.2) is 24.3 Å². The minimum Gasteiger partial charge on any atom is -0.508 e. The average molecular weight is 247 g/mol. The molecular formula is C14H17NO3. The summed E-state index contributed by atoms with van der Waals surface area (Å²) < 4.78 is 0. The van der Waals surface area contributed by atoms with Crippen LogP contribution in [0.2, 0.25) is 0 Å². The van der Waals surface area contributed by atoms with Gasteiger partial charge in [0.2, 0.25) is 0 Å². The number of carbonyl (C=O) groups is 1. The number of benzene rings is 1. The molecule has 4 nitrogen and oxygen atoms in total. The molecule has 1 atom stereocenters. The lowest BCUT2D eigenvalue weighted by Gasteiger charge is -2.25. The average Bonchev–Trinajstić information content (AvgIpc) is 2.31. The molecule has 0 aliphatic heterocycles. The highest BCUT2D eigenvalue weighted by molar-refractivity contribution is 5.69. The van der Waals surface area contributed by atoms with Gasteiger partial charge in [-0.2, -0.15) is 0 Å². The zero-order chi connectivity index (χ0) is 13.5. The van der Waals surface area contributed by atoms with Crippen molar-refractivity contribution in [3.8, 4) is 18.1 Å². The van der Waals surface area contributed by atoms with Gasteiger partial charge in [-0.25, -0.2) is 0 Å². The van der Waals surface area contributed by atoms with Crippen LogP contribution in [0.5, 0.6) is 5.75 Å². The second-order valence-corrected chi connectivity index (χ2v) is 4.22. The van der Waals surface area contributed by atoms with E-state index >= 15 is 0 Å². The van der Waals surface area contributed by atoms with Crippen molar-refractivity contribution in [1.29, 1.82) is 0 Å². The topological polar surface area (TPSA) is 60.8 Å². The Bertz CT molecular complexity index is 433. The Kier molecular flexibility index (Phi) is 5.22. The summed E-state index contributed by atoms with van der Waals surface area (Å²) in [5, 5.41) is 18.0. The molecule has 0 bridgehead atoms. The minimum absolute atomic E-state index is 0.0293. The van der Waals surface area contributed by atoms with E-state index in [-0.39, 0.29) is 18.3 Å². The minimum atomic E-state index is -0.886. The fourth-order valence-electron chi connectivity index (χ4n) is 1.76. The molecule has 18 heavy (non-hydrogen) atoms. The number of terminal acetylenes is 1. The van der Waals surface area contributed by atoms with Crippen molar-refractivity contribution in [2.24, 2.45) is 0 Å². The number of aromatic hydroxyl groups is 1. The van der Waals surface area contributed by atoms with Crippen LogP contribution in [0.3, 0.4) is 0 Å². The van der Waals surface area contributed by atoms with E-state index in [0.29, 0.717) is 13.0 Å². The van der Waals surface area contributed by atoms with Crippen molar-refractivity contribution in [2.75, 3.05) is 13.1 Å². The SMILES string of the molecule is C#CCN(CC(=O)O)C(C)Cc1ccc(O)cc1. The molecule has 0 saturated carbocycles. The number of rotatable bonds is 6. The third-order valence-electron chi connectivity index (χ3n) is 2.72. The third-order valence-corrected chi connectivity index (χ3v) is 2.72. The molecule has 2 N–H and O–H groups in total. The number of nitrogens with zero attached hydrogens (tertiary/aromatic N) is 1. The van der Waals surface area contributed by atoms with Crippen molar-refractivity contribution in [3.63, 3.8) is 0 Å². The van der Waals surface area contributed by atoms with E-state index in [4.69, 9.17) is 11.5 Å². The van der Waals surface area contributed by atoms with Gasteiger partial charge in [0, 0.05) is 6.04 Å². The molecule has 0 heterocycles. The first kappa shape index (κ1) is 14.1. The first-order chi connectivity index (χ1) is 8.52. The summed E-state index contributed by atoms with van der Waals surface area (Å²) in [5.74, 6) is 1.81. The molecule has 0 radical (unpaired) electrons. The predicted molar refractivity (Wildman–Crippen MR) is 69.3 cm³/mol. The van der Waals surface area contributed by atoms with E-state index < -0.39 is 5.97 Å². The monoisotopic (exact) mass is 247 g/mol. The lowest BCUT2D eigenvalue weighted by Crippen LogP contribution is -2.38. The van der Waals surface area contributed by atoms with E-state index in [2.05, 4.69) is 5.92 Å². The first-order valence-electron chi connectivity index (χ1n) is 5.70. The third kappa shape index (κ3) is 4.48. The van der Waals surface area contributed by atoms with Gasteiger partial charge in [-0.1, -0.05) is 18.1 Å². The van der Waals surface area contributed by atoms with Gasteiger partial charge >= 0.3 is 5.97 Å². The van der Waals surface area contributed by atoms with Gasteiger partial charge in [0.05, 0.1) is 13.1 Å². The van der Waals surface area contributed by atoms with Crippen molar-refractivity contribution in [2.45, 2.75) is 19.4 Å². The van der Waals surface area contributed by atoms with Crippen molar-refractivity contribution < 1.29 is 15.0 Å². The maximum absolute atomic E-state index is 10.7. The highest BCUT2D eigenvalue weighted by Crippen LogP contribution is 2.13. The van der Waals surface area contributed by atoms with Gasteiger partial charge in [0.25, 0.3) is 0 Å². The predicted octanol–water partition coefficient (Wildman–Crippen LogP) is 1.34. The number of carboxylic acid groups (broad SMARTS) is 1. The van der Waals surface area contributed by atoms with Gasteiger partial charge in [0.1, 0.15) is 5.75 Å². The standard InChI is InChI=1S/C14H17NO3/c1-3-8-15(10-14(17)18)11(2)9-12-4-6-13(16)7-5-12/h1,4-7,11,16H,8-10H2,2H3,(H,17,18). The lowest BCUT2D eigenvalue weighted by atomic mass is 10.1.